The molecule has 0 amide bonds. The Balaban J connectivity index is 0.000000376. The first-order valence-electron chi connectivity index (χ1n) is 11.5. The SMILES string of the molecule is C1COCCN1.CCn1ncc2c(NC3CCOCC3)c(-c3nc(CC(C)=O)no3)cnc21. The zero-order chi connectivity index (χ0) is 23.0. The summed E-state index contributed by atoms with van der Waals surface area (Å²) in [6, 6.07) is 0.285. The number of ketones is 1. The standard InChI is InChI=1S/C18H22N6O3.C4H9NO/c1-3-24-17-13(10-20-24)16(21-12-4-6-26-7-5-12)14(9-19-17)18-22-15(23-27-18)8-11(2)25;1-3-6-4-2-5-1/h9-10,12H,3-8H2,1-2H3,(H,19,21);5H,1-4H2. The van der Waals surface area contributed by atoms with Crippen LogP contribution in [0.25, 0.3) is 22.5 Å². The number of fused-ring (bicyclic) bond motifs is 1. The number of aromatic nitrogens is 5. The number of morpholine rings is 1. The van der Waals surface area contributed by atoms with Crippen LogP contribution in [0.3, 0.4) is 0 Å². The van der Waals surface area contributed by atoms with E-state index >= 15 is 0 Å². The van der Waals surface area contributed by atoms with E-state index in [-0.39, 0.29) is 18.2 Å². The van der Waals surface area contributed by atoms with Crippen molar-refractivity contribution in [2.45, 2.75) is 45.7 Å². The first kappa shape index (κ1) is 23.3. The Morgan fingerprint density at radius 3 is 2.58 bits per heavy atom. The molecule has 11 heteroatoms. The van der Waals surface area contributed by atoms with Crippen LogP contribution in [0.1, 0.15) is 32.5 Å². The van der Waals surface area contributed by atoms with Crippen LogP contribution < -0.4 is 10.6 Å². The Morgan fingerprint density at radius 1 is 1.18 bits per heavy atom. The molecular weight excluding hydrogens is 426 g/mol. The van der Waals surface area contributed by atoms with Crippen molar-refractivity contribution in [1.82, 2.24) is 30.2 Å². The Bertz CT molecular complexity index is 1040. The molecular formula is C22H31N7O4. The molecule has 178 valence electrons. The molecule has 0 spiro atoms. The maximum Gasteiger partial charge on any atom is 0.261 e. The Hall–Kier alpha value is -2.89. The van der Waals surface area contributed by atoms with Crippen molar-refractivity contribution < 1.29 is 18.8 Å². The van der Waals surface area contributed by atoms with Gasteiger partial charge in [0.1, 0.15) is 5.78 Å². The van der Waals surface area contributed by atoms with Crippen LogP contribution in [0.4, 0.5) is 5.69 Å². The van der Waals surface area contributed by atoms with Crippen LogP contribution in [0.2, 0.25) is 0 Å². The second-order valence-corrected chi connectivity index (χ2v) is 8.03. The van der Waals surface area contributed by atoms with Crippen LogP contribution in [0.15, 0.2) is 16.9 Å². The van der Waals surface area contributed by atoms with E-state index in [1.807, 2.05) is 17.8 Å². The van der Waals surface area contributed by atoms with E-state index in [1.165, 1.54) is 6.92 Å². The van der Waals surface area contributed by atoms with Crippen LogP contribution in [-0.2, 0) is 27.2 Å². The Morgan fingerprint density at radius 2 is 1.94 bits per heavy atom. The predicted molar refractivity (Wildman–Crippen MR) is 122 cm³/mol. The van der Waals surface area contributed by atoms with Gasteiger partial charge in [-0.25, -0.2) is 9.67 Å². The monoisotopic (exact) mass is 457 g/mol. The zero-order valence-electron chi connectivity index (χ0n) is 19.2. The number of nitrogens with zero attached hydrogens (tertiary/aromatic N) is 5. The van der Waals surface area contributed by atoms with Gasteiger partial charge >= 0.3 is 0 Å². The van der Waals surface area contributed by atoms with E-state index in [0.29, 0.717) is 17.3 Å². The number of Topliss-reactive ketones (excluding diaryl/α,β-unsaturated/α-hetero) is 1. The van der Waals surface area contributed by atoms with Gasteiger partial charge in [-0.1, -0.05) is 5.16 Å². The summed E-state index contributed by atoms with van der Waals surface area (Å²) in [5, 5.41) is 16.0. The molecule has 2 saturated heterocycles. The lowest BCUT2D eigenvalue weighted by Gasteiger charge is -2.25. The lowest BCUT2D eigenvalue weighted by atomic mass is 10.1. The number of anilines is 1. The van der Waals surface area contributed by atoms with Crippen LogP contribution in [-0.4, -0.2) is 76.2 Å². The number of aryl methyl sites for hydroxylation is 1. The third-order valence-electron chi connectivity index (χ3n) is 5.49. The molecule has 0 unspecified atom stereocenters. The van der Waals surface area contributed by atoms with E-state index in [4.69, 9.17) is 14.0 Å². The molecule has 0 atom stereocenters. The fourth-order valence-electron chi connectivity index (χ4n) is 3.80. The van der Waals surface area contributed by atoms with Gasteiger partial charge in [0, 0.05) is 45.1 Å². The Kier molecular flexibility index (Phi) is 7.97. The van der Waals surface area contributed by atoms with E-state index in [1.54, 1.807) is 6.20 Å². The second kappa shape index (κ2) is 11.3. The number of hydrogen-bond donors (Lipinski definition) is 2. The average molecular weight is 458 g/mol. The number of pyridine rings is 1. The van der Waals surface area contributed by atoms with Gasteiger partial charge in [-0.3, -0.25) is 4.79 Å². The minimum atomic E-state index is -0.0132. The maximum atomic E-state index is 11.3. The van der Waals surface area contributed by atoms with Crippen molar-refractivity contribution in [3.05, 3.63) is 18.2 Å². The summed E-state index contributed by atoms with van der Waals surface area (Å²) in [6.45, 7) is 9.56. The molecule has 2 N–H and O–H groups in total. The molecule has 0 bridgehead atoms. The van der Waals surface area contributed by atoms with Crippen molar-refractivity contribution in [3.63, 3.8) is 0 Å². The quantitative estimate of drug-likeness (QED) is 0.565. The molecule has 11 nitrogen and oxygen atoms in total. The van der Waals surface area contributed by atoms with Crippen molar-refractivity contribution in [2.75, 3.05) is 44.8 Å². The molecule has 0 aliphatic carbocycles. The largest absolute Gasteiger partial charge is 0.381 e. The number of hydrogen-bond acceptors (Lipinski definition) is 10. The van der Waals surface area contributed by atoms with Gasteiger partial charge in [0.25, 0.3) is 5.89 Å². The number of ether oxygens (including phenoxy) is 2. The molecule has 2 aliphatic heterocycles. The molecule has 2 fully saturated rings. The van der Waals surface area contributed by atoms with E-state index in [0.717, 1.165) is 75.6 Å². The summed E-state index contributed by atoms with van der Waals surface area (Å²) >= 11 is 0. The van der Waals surface area contributed by atoms with Gasteiger partial charge < -0.3 is 24.6 Å². The molecule has 5 rings (SSSR count). The van der Waals surface area contributed by atoms with Crippen molar-refractivity contribution >= 4 is 22.5 Å². The normalized spacial score (nSPS) is 16.9. The molecule has 33 heavy (non-hydrogen) atoms. The summed E-state index contributed by atoms with van der Waals surface area (Å²) < 4.78 is 17.7. The summed E-state index contributed by atoms with van der Waals surface area (Å²) in [6.07, 6.45) is 5.53. The predicted octanol–water partition coefficient (Wildman–Crippen LogP) is 1.83. The van der Waals surface area contributed by atoms with Crippen molar-refractivity contribution in [3.8, 4) is 11.5 Å². The number of carbonyl (C=O) groups is 1. The van der Waals surface area contributed by atoms with Gasteiger partial charge in [0.2, 0.25) is 0 Å². The van der Waals surface area contributed by atoms with Crippen molar-refractivity contribution in [1.29, 1.82) is 0 Å². The summed E-state index contributed by atoms with van der Waals surface area (Å²) in [5.41, 5.74) is 2.40. The molecule has 0 aromatic carbocycles. The van der Waals surface area contributed by atoms with Gasteiger partial charge in [-0.05, 0) is 26.7 Å². The maximum absolute atomic E-state index is 11.3. The highest BCUT2D eigenvalue weighted by Gasteiger charge is 2.22. The van der Waals surface area contributed by atoms with Gasteiger partial charge in [-0.15, -0.1) is 0 Å². The fraction of sp³-hybridized carbons (Fsp3) is 0.591. The van der Waals surface area contributed by atoms with Crippen LogP contribution in [0.5, 0.6) is 0 Å². The summed E-state index contributed by atoms with van der Waals surface area (Å²) in [7, 11) is 0. The smallest absolute Gasteiger partial charge is 0.261 e. The fourth-order valence-corrected chi connectivity index (χ4v) is 3.80. The average Bonchev–Trinajstić information content (AvgIpc) is 3.48. The van der Waals surface area contributed by atoms with E-state index in [9.17, 15) is 4.79 Å². The topological polar surface area (TPSA) is 129 Å². The highest BCUT2D eigenvalue weighted by atomic mass is 16.5. The minimum Gasteiger partial charge on any atom is -0.381 e. The third kappa shape index (κ3) is 5.92. The number of carbonyl (C=O) groups excluding carboxylic acids is 1. The highest BCUT2D eigenvalue weighted by molar-refractivity contribution is 5.96. The molecule has 3 aromatic heterocycles. The van der Waals surface area contributed by atoms with Gasteiger partial charge in [-0.2, -0.15) is 10.1 Å². The molecule has 3 aromatic rings. The third-order valence-corrected chi connectivity index (χ3v) is 5.49. The van der Waals surface area contributed by atoms with Gasteiger partial charge in [0.15, 0.2) is 11.5 Å². The van der Waals surface area contributed by atoms with Crippen molar-refractivity contribution in [2.24, 2.45) is 0 Å². The lowest BCUT2D eigenvalue weighted by molar-refractivity contribution is -0.116. The molecule has 0 saturated carbocycles. The van der Waals surface area contributed by atoms with Crippen LogP contribution >= 0.6 is 0 Å². The molecule has 5 heterocycles. The molecule has 0 radical (unpaired) electrons. The van der Waals surface area contributed by atoms with Crippen LogP contribution in [0, 0.1) is 0 Å². The summed E-state index contributed by atoms with van der Waals surface area (Å²) in [5.74, 6) is 0.707. The number of rotatable bonds is 6. The first-order valence-corrected chi connectivity index (χ1v) is 11.5. The van der Waals surface area contributed by atoms with E-state index < -0.39 is 0 Å². The zero-order valence-corrected chi connectivity index (χ0v) is 19.2. The first-order chi connectivity index (χ1) is 16.2. The van der Waals surface area contributed by atoms with E-state index in [2.05, 4.69) is 30.9 Å². The lowest BCUT2D eigenvalue weighted by Crippen LogP contribution is -2.30. The second-order valence-electron chi connectivity index (χ2n) is 8.03. The number of nitrogens with one attached hydrogen (secondary N) is 2. The highest BCUT2D eigenvalue weighted by Crippen LogP contribution is 2.34. The summed E-state index contributed by atoms with van der Waals surface area (Å²) in [4.78, 5) is 20.3. The molecule has 2 aliphatic rings. The minimum absolute atomic E-state index is 0.0132. The van der Waals surface area contributed by atoms with Gasteiger partial charge in [0.05, 0.1) is 42.5 Å². The Labute approximate surface area is 192 Å².